The molecule has 0 aliphatic carbocycles. The molecule has 0 unspecified atom stereocenters. The highest BCUT2D eigenvalue weighted by Crippen LogP contribution is 2.31. The number of hydrogen-bond acceptors (Lipinski definition) is 3. The third-order valence-electron chi connectivity index (χ3n) is 4.88. The number of carbonyl (C=O) groups is 1. The van der Waals surface area contributed by atoms with Gasteiger partial charge in [0.25, 0.3) is 0 Å². The summed E-state index contributed by atoms with van der Waals surface area (Å²) in [6, 6.07) is 14.4. The summed E-state index contributed by atoms with van der Waals surface area (Å²) in [5, 5.41) is 2.98. The zero-order valence-corrected chi connectivity index (χ0v) is 15.1. The first-order valence-corrected chi connectivity index (χ1v) is 9.06. The molecule has 138 valence electrons. The van der Waals surface area contributed by atoms with E-state index in [4.69, 9.17) is 4.74 Å². The molecule has 0 spiro atoms. The van der Waals surface area contributed by atoms with Crippen LogP contribution >= 0.6 is 0 Å². The molecule has 2 aromatic rings. The molecule has 1 saturated heterocycles. The Balaban J connectivity index is 1.70. The molecule has 1 N–H and O–H groups in total. The first-order valence-electron chi connectivity index (χ1n) is 9.06. The van der Waals surface area contributed by atoms with Gasteiger partial charge >= 0.3 is 0 Å². The van der Waals surface area contributed by atoms with Crippen molar-refractivity contribution in [3.05, 3.63) is 65.5 Å². The normalized spacial score (nSPS) is 15.6. The van der Waals surface area contributed by atoms with Gasteiger partial charge in [-0.1, -0.05) is 36.4 Å². The molecular formula is C21H25FN2O2. The maximum absolute atomic E-state index is 13.8. The highest BCUT2D eigenvalue weighted by Gasteiger charge is 2.26. The minimum absolute atomic E-state index is 0.0469. The number of amides is 1. The third kappa shape index (κ3) is 4.41. The summed E-state index contributed by atoms with van der Waals surface area (Å²) in [5.74, 6) is 0.311. The van der Waals surface area contributed by atoms with Crippen LogP contribution in [-0.2, 0) is 11.2 Å². The summed E-state index contributed by atoms with van der Waals surface area (Å²) in [5.41, 5.74) is 1.49. The van der Waals surface area contributed by atoms with E-state index in [0.717, 1.165) is 37.2 Å². The maximum atomic E-state index is 13.8. The van der Waals surface area contributed by atoms with Crippen LogP contribution in [0.2, 0.25) is 0 Å². The van der Waals surface area contributed by atoms with Crippen molar-refractivity contribution in [1.29, 1.82) is 0 Å². The lowest BCUT2D eigenvalue weighted by Crippen LogP contribution is -2.37. The number of rotatable bonds is 7. The standard InChI is InChI=1S/C21H25FN2O2/c1-26-20-11-5-3-9-17(20)19(24-12-6-7-13-24)15-23-21(25)14-16-8-2-4-10-18(16)22/h2-5,8-11,19H,6-7,12-15H2,1H3,(H,23,25)/t19-/m1/s1. The zero-order chi connectivity index (χ0) is 18.4. The molecule has 3 rings (SSSR count). The van der Waals surface area contributed by atoms with Gasteiger partial charge in [-0.05, 0) is 43.6 Å². The van der Waals surface area contributed by atoms with E-state index >= 15 is 0 Å². The second-order valence-electron chi connectivity index (χ2n) is 6.57. The van der Waals surface area contributed by atoms with E-state index in [1.54, 1.807) is 25.3 Å². The molecule has 0 saturated carbocycles. The lowest BCUT2D eigenvalue weighted by atomic mass is 10.0. The van der Waals surface area contributed by atoms with Crippen molar-refractivity contribution >= 4 is 5.91 Å². The summed E-state index contributed by atoms with van der Waals surface area (Å²) >= 11 is 0. The fourth-order valence-corrected chi connectivity index (χ4v) is 3.52. The molecule has 0 bridgehead atoms. The van der Waals surface area contributed by atoms with Gasteiger partial charge in [-0.15, -0.1) is 0 Å². The summed E-state index contributed by atoms with van der Waals surface area (Å²) in [7, 11) is 1.66. The van der Waals surface area contributed by atoms with Crippen molar-refractivity contribution in [2.45, 2.75) is 25.3 Å². The lowest BCUT2D eigenvalue weighted by molar-refractivity contribution is -0.120. The summed E-state index contributed by atoms with van der Waals surface area (Å²) < 4.78 is 19.3. The molecule has 1 aliphatic rings. The molecule has 0 radical (unpaired) electrons. The van der Waals surface area contributed by atoms with Gasteiger partial charge in [-0.25, -0.2) is 4.39 Å². The number of likely N-dealkylation sites (tertiary alicyclic amines) is 1. The number of benzene rings is 2. The summed E-state index contributed by atoms with van der Waals surface area (Å²) in [6.45, 7) is 2.49. The molecule has 1 fully saturated rings. The van der Waals surface area contributed by atoms with Crippen LogP contribution in [0.5, 0.6) is 5.75 Å². The van der Waals surface area contributed by atoms with Crippen LogP contribution in [0.25, 0.3) is 0 Å². The van der Waals surface area contributed by atoms with Crippen molar-refractivity contribution in [2.75, 3.05) is 26.7 Å². The average Bonchev–Trinajstić information content (AvgIpc) is 3.19. The molecule has 4 nitrogen and oxygen atoms in total. The molecule has 1 aliphatic heterocycles. The predicted octanol–water partition coefficient (Wildman–Crippen LogP) is 3.33. The smallest absolute Gasteiger partial charge is 0.224 e. The Bertz CT molecular complexity index is 744. The van der Waals surface area contributed by atoms with Crippen molar-refractivity contribution in [2.24, 2.45) is 0 Å². The summed E-state index contributed by atoms with van der Waals surface area (Å²) in [4.78, 5) is 14.7. The number of ether oxygens (including phenoxy) is 1. The average molecular weight is 356 g/mol. The topological polar surface area (TPSA) is 41.6 Å². The second kappa shape index (κ2) is 8.81. The first-order chi connectivity index (χ1) is 12.7. The second-order valence-corrected chi connectivity index (χ2v) is 6.57. The van der Waals surface area contributed by atoms with E-state index in [0.29, 0.717) is 12.1 Å². The number of hydrogen-bond donors (Lipinski definition) is 1. The minimum atomic E-state index is -0.344. The number of para-hydroxylation sites is 1. The van der Waals surface area contributed by atoms with E-state index in [2.05, 4.69) is 10.2 Å². The Morgan fingerprint density at radius 3 is 2.58 bits per heavy atom. The Labute approximate surface area is 154 Å². The van der Waals surface area contributed by atoms with Gasteiger partial charge in [0, 0.05) is 12.1 Å². The van der Waals surface area contributed by atoms with Crippen LogP contribution < -0.4 is 10.1 Å². The quantitative estimate of drug-likeness (QED) is 0.827. The molecule has 0 aromatic heterocycles. The van der Waals surface area contributed by atoms with E-state index in [1.165, 1.54) is 6.07 Å². The van der Waals surface area contributed by atoms with Gasteiger partial charge < -0.3 is 10.1 Å². The van der Waals surface area contributed by atoms with Crippen LogP contribution in [-0.4, -0.2) is 37.6 Å². The van der Waals surface area contributed by atoms with Crippen molar-refractivity contribution in [3.8, 4) is 5.75 Å². The van der Waals surface area contributed by atoms with Crippen molar-refractivity contribution in [1.82, 2.24) is 10.2 Å². The minimum Gasteiger partial charge on any atom is -0.496 e. The lowest BCUT2D eigenvalue weighted by Gasteiger charge is -2.29. The highest BCUT2D eigenvalue weighted by atomic mass is 19.1. The van der Waals surface area contributed by atoms with Gasteiger partial charge in [-0.2, -0.15) is 0 Å². The van der Waals surface area contributed by atoms with Crippen LogP contribution in [0.3, 0.4) is 0 Å². The van der Waals surface area contributed by atoms with Crippen LogP contribution in [0, 0.1) is 5.82 Å². The van der Waals surface area contributed by atoms with Gasteiger partial charge in [0.2, 0.25) is 5.91 Å². The SMILES string of the molecule is COc1ccccc1[C@@H](CNC(=O)Cc1ccccc1F)N1CCCC1. The molecule has 5 heteroatoms. The Hall–Kier alpha value is -2.40. The van der Waals surface area contributed by atoms with E-state index in [-0.39, 0.29) is 24.2 Å². The van der Waals surface area contributed by atoms with Crippen molar-refractivity contribution < 1.29 is 13.9 Å². The highest BCUT2D eigenvalue weighted by molar-refractivity contribution is 5.78. The number of carbonyl (C=O) groups excluding carboxylic acids is 1. The Kier molecular flexibility index (Phi) is 6.23. The molecule has 1 amide bonds. The van der Waals surface area contributed by atoms with Gasteiger partial charge in [-0.3, -0.25) is 9.69 Å². The molecule has 1 heterocycles. The third-order valence-corrected chi connectivity index (χ3v) is 4.88. The largest absolute Gasteiger partial charge is 0.496 e. The fraction of sp³-hybridized carbons (Fsp3) is 0.381. The molecule has 1 atom stereocenters. The number of methoxy groups -OCH3 is 1. The number of nitrogens with one attached hydrogen (secondary N) is 1. The monoisotopic (exact) mass is 356 g/mol. The van der Waals surface area contributed by atoms with E-state index in [1.807, 2.05) is 24.3 Å². The van der Waals surface area contributed by atoms with Gasteiger partial charge in [0.15, 0.2) is 0 Å². The fourth-order valence-electron chi connectivity index (χ4n) is 3.52. The zero-order valence-electron chi connectivity index (χ0n) is 15.1. The maximum Gasteiger partial charge on any atom is 0.224 e. The number of nitrogens with zero attached hydrogens (tertiary/aromatic N) is 1. The molecular weight excluding hydrogens is 331 g/mol. The Morgan fingerprint density at radius 1 is 1.15 bits per heavy atom. The summed E-state index contributed by atoms with van der Waals surface area (Å²) in [6.07, 6.45) is 2.37. The van der Waals surface area contributed by atoms with E-state index < -0.39 is 0 Å². The van der Waals surface area contributed by atoms with Gasteiger partial charge in [0.1, 0.15) is 11.6 Å². The predicted molar refractivity (Wildman–Crippen MR) is 99.7 cm³/mol. The van der Waals surface area contributed by atoms with Crippen molar-refractivity contribution in [3.63, 3.8) is 0 Å². The molecule has 2 aromatic carbocycles. The van der Waals surface area contributed by atoms with Crippen LogP contribution in [0.15, 0.2) is 48.5 Å². The number of halogens is 1. The molecule has 26 heavy (non-hydrogen) atoms. The van der Waals surface area contributed by atoms with E-state index in [9.17, 15) is 9.18 Å². The van der Waals surface area contributed by atoms with Crippen LogP contribution in [0.4, 0.5) is 4.39 Å². The Morgan fingerprint density at radius 2 is 1.85 bits per heavy atom. The van der Waals surface area contributed by atoms with Crippen LogP contribution in [0.1, 0.15) is 30.0 Å². The van der Waals surface area contributed by atoms with Gasteiger partial charge in [0.05, 0.1) is 19.6 Å². The first kappa shape index (κ1) is 18.4.